The van der Waals surface area contributed by atoms with Gasteiger partial charge in [0.2, 0.25) is 0 Å². The van der Waals surface area contributed by atoms with Gasteiger partial charge in [-0.2, -0.15) is 0 Å². The van der Waals surface area contributed by atoms with Gasteiger partial charge in [-0.15, -0.1) is 0 Å². The molecule has 0 amide bonds. The number of nitrogens with zero attached hydrogens (tertiary/aromatic N) is 1. The van der Waals surface area contributed by atoms with Crippen molar-refractivity contribution in [3.63, 3.8) is 0 Å². The highest BCUT2D eigenvalue weighted by Gasteiger charge is 2.25. The van der Waals surface area contributed by atoms with E-state index in [0.717, 1.165) is 11.6 Å². The summed E-state index contributed by atoms with van der Waals surface area (Å²) in [6.45, 7) is 2.45. The van der Waals surface area contributed by atoms with E-state index in [4.69, 9.17) is 5.73 Å². The van der Waals surface area contributed by atoms with Gasteiger partial charge in [-0.3, -0.25) is 0 Å². The van der Waals surface area contributed by atoms with Crippen LogP contribution in [0.15, 0.2) is 18.2 Å². The third-order valence-corrected chi connectivity index (χ3v) is 3.80. The SMILES string of the molecule is Nc1ccc2c(c1)CCN2CC1CCC1. The average Bonchev–Trinajstić information content (AvgIpc) is 2.54. The summed E-state index contributed by atoms with van der Waals surface area (Å²) >= 11 is 0. The van der Waals surface area contributed by atoms with Gasteiger partial charge in [-0.25, -0.2) is 0 Å². The number of rotatable bonds is 2. The molecule has 0 bridgehead atoms. The molecule has 2 N–H and O–H groups in total. The van der Waals surface area contributed by atoms with Crippen LogP contribution in [0.25, 0.3) is 0 Å². The number of hydrogen-bond acceptors (Lipinski definition) is 2. The molecule has 0 radical (unpaired) electrons. The largest absolute Gasteiger partial charge is 0.399 e. The van der Waals surface area contributed by atoms with E-state index in [-0.39, 0.29) is 0 Å². The first-order valence-electron chi connectivity index (χ1n) is 5.96. The van der Waals surface area contributed by atoms with Crippen molar-refractivity contribution in [3.05, 3.63) is 23.8 Å². The van der Waals surface area contributed by atoms with Crippen molar-refractivity contribution in [3.8, 4) is 0 Å². The van der Waals surface area contributed by atoms with E-state index in [1.165, 1.54) is 50.0 Å². The van der Waals surface area contributed by atoms with Crippen molar-refractivity contribution in [1.29, 1.82) is 0 Å². The van der Waals surface area contributed by atoms with Crippen LogP contribution in [0.1, 0.15) is 24.8 Å². The van der Waals surface area contributed by atoms with Crippen LogP contribution in [0.2, 0.25) is 0 Å². The van der Waals surface area contributed by atoms with Crippen LogP contribution in [0, 0.1) is 5.92 Å². The summed E-state index contributed by atoms with van der Waals surface area (Å²) < 4.78 is 0. The fraction of sp³-hybridized carbons (Fsp3) is 0.538. The number of nitrogens with two attached hydrogens (primary N) is 1. The second-order valence-electron chi connectivity index (χ2n) is 4.88. The van der Waals surface area contributed by atoms with Crippen molar-refractivity contribution in [2.45, 2.75) is 25.7 Å². The highest BCUT2D eigenvalue weighted by atomic mass is 15.1. The van der Waals surface area contributed by atoms with Crippen molar-refractivity contribution >= 4 is 11.4 Å². The predicted octanol–water partition coefficient (Wildman–Crippen LogP) is 2.43. The Morgan fingerprint density at radius 3 is 2.93 bits per heavy atom. The molecule has 1 saturated carbocycles. The molecule has 80 valence electrons. The lowest BCUT2D eigenvalue weighted by Gasteiger charge is -2.31. The summed E-state index contributed by atoms with van der Waals surface area (Å²) in [6, 6.07) is 6.35. The molecule has 2 nitrogen and oxygen atoms in total. The van der Waals surface area contributed by atoms with Gasteiger partial charge in [0.15, 0.2) is 0 Å². The number of anilines is 2. The molecule has 1 fully saturated rings. The molecule has 2 aliphatic rings. The van der Waals surface area contributed by atoms with E-state index in [2.05, 4.69) is 17.0 Å². The van der Waals surface area contributed by atoms with Gasteiger partial charge in [0, 0.05) is 24.5 Å². The van der Waals surface area contributed by atoms with Crippen LogP contribution in [0.4, 0.5) is 11.4 Å². The molecule has 1 aliphatic heterocycles. The van der Waals surface area contributed by atoms with Gasteiger partial charge in [0.1, 0.15) is 0 Å². The first-order valence-corrected chi connectivity index (χ1v) is 5.96. The van der Waals surface area contributed by atoms with Gasteiger partial charge in [-0.1, -0.05) is 6.42 Å². The minimum atomic E-state index is 0.902. The van der Waals surface area contributed by atoms with Crippen LogP contribution in [-0.2, 0) is 6.42 Å². The number of benzene rings is 1. The number of hydrogen-bond donors (Lipinski definition) is 1. The summed E-state index contributed by atoms with van der Waals surface area (Å²) in [7, 11) is 0. The van der Waals surface area contributed by atoms with Crippen LogP contribution in [0.3, 0.4) is 0 Å². The lowest BCUT2D eigenvalue weighted by molar-refractivity contribution is 0.319. The Balaban J connectivity index is 1.78. The van der Waals surface area contributed by atoms with Gasteiger partial charge in [0.25, 0.3) is 0 Å². The van der Waals surface area contributed by atoms with Crippen LogP contribution in [-0.4, -0.2) is 13.1 Å². The highest BCUT2D eigenvalue weighted by Crippen LogP contribution is 2.34. The van der Waals surface area contributed by atoms with Gasteiger partial charge in [-0.05, 0) is 48.9 Å². The van der Waals surface area contributed by atoms with Crippen molar-refractivity contribution in [2.75, 3.05) is 23.7 Å². The molecule has 0 atom stereocenters. The van der Waals surface area contributed by atoms with Crippen molar-refractivity contribution in [1.82, 2.24) is 0 Å². The molecule has 1 aliphatic carbocycles. The Morgan fingerprint density at radius 2 is 2.20 bits per heavy atom. The second kappa shape index (κ2) is 3.44. The Kier molecular flexibility index (Phi) is 2.08. The third-order valence-electron chi connectivity index (χ3n) is 3.80. The molecule has 2 heteroatoms. The van der Waals surface area contributed by atoms with E-state index in [9.17, 15) is 0 Å². The molecule has 1 aromatic carbocycles. The molecule has 15 heavy (non-hydrogen) atoms. The molecular weight excluding hydrogens is 184 g/mol. The van der Waals surface area contributed by atoms with Crippen molar-refractivity contribution < 1.29 is 0 Å². The molecular formula is C13H18N2. The topological polar surface area (TPSA) is 29.3 Å². The summed E-state index contributed by atoms with van der Waals surface area (Å²) in [5, 5.41) is 0. The minimum absolute atomic E-state index is 0.902. The Labute approximate surface area is 91.1 Å². The van der Waals surface area contributed by atoms with E-state index in [0.29, 0.717) is 0 Å². The van der Waals surface area contributed by atoms with Gasteiger partial charge in [0.05, 0.1) is 0 Å². The summed E-state index contributed by atoms with van der Waals surface area (Å²) in [6.07, 6.45) is 5.47. The predicted molar refractivity (Wildman–Crippen MR) is 64.1 cm³/mol. The molecule has 0 spiro atoms. The molecule has 1 heterocycles. The quantitative estimate of drug-likeness (QED) is 0.746. The first kappa shape index (κ1) is 9.08. The van der Waals surface area contributed by atoms with E-state index < -0.39 is 0 Å². The molecule has 0 aromatic heterocycles. The van der Waals surface area contributed by atoms with Crippen LogP contribution in [0.5, 0.6) is 0 Å². The monoisotopic (exact) mass is 202 g/mol. The lowest BCUT2D eigenvalue weighted by Crippen LogP contribution is -2.31. The summed E-state index contributed by atoms with van der Waals surface area (Å²) in [4.78, 5) is 2.54. The zero-order chi connectivity index (χ0) is 10.3. The van der Waals surface area contributed by atoms with Crippen LogP contribution >= 0.6 is 0 Å². The van der Waals surface area contributed by atoms with Gasteiger partial charge >= 0.3 is 0 Å². The second-order valence-corrected chi connectivity index (χ2v) is 4.88. The summed E-state index contributed by atoms with van der Waals surface area (Å²) in [5.74, 6) is 0.952. The number of nitrogen functional groups attached to an aromatic ring is 1. The fourth-order valence-electron chi connectivity index (χ4n) is 2.67. The Morgan fingerprint density at radius 1 is 1.33 bits per heavy atom. The van der Waals surface area contributed by atoms with E-state index >= 15 is 0 Å². The van der Waals surface area contributed by atoms with E-state index in [1.807, 2.05) is 6.07 Å². The molecule has 3 rings (SSSR count). The zero-order valence-corrected chi connectivity index (χ0v) is 9.08. The maximum Gasteiger partial charge on any atom is 0.0401 e. The zero-order valence-electron chi connectivity index (χ0n) is 9.08. The van der Waals surface area contributed by atoms with Gasteiger partial charge < -0.3 is 10.6 Å². The maximum atomic E-state index is 5.80. The standard InChI is InChI=1S/C13H18N2/c14-12-4-5-13-11(8-12)6-7-15(13)9-10-2-1-3-10/h4-5,8,10H,1-3,6-7,9,14H2. The molecule has 0 unspecified atom stereocenters. The molecule has 0 saturated heterocycles. The Bertz CT molecular complexity index is 369. The maximum absolute atomic E-state index is 5.80. The normalized spacial score (nSPS) is 20.1. The fourth-order valence-corrected chi connectivity index (χ4v) is 2.67. The first-order chi connectivity index (χ1) is 7.33. The Hall–Kier alpha value is -1.18. The lowest BCUT2D eigenvalue weighted by atomic mass is 9.85. The average molecular weight is 202 g/mol. The highest BCUT2D eigenvalue weighted by molar-refractivity contribution is 5.62. The van der Waals surface area contributed by atoms with Crippen molar-refractivity contribution in [2.24, 2.45) is 5.92 Å². The van der Waals surface area contributed by atoms with Crippen LogP contribution < -0.4 is 10.6 Å². The van der Waals surface area contributed by atoms with E-state index in [1.54, 1.807) is 0 Å². The third kappa shape index (κ3) is 1.58. The number of fused-ring (bicyclic) bond motifs is 1. The summed E-state index contributed by atoms with van der Waals surface area (Å²) in [5.41, 5.74) is 9.56. The minimum Gasteiger partial charge on any atom is -0.399 e. The molecule has 1 aromatic rings. The smallest absolute Gasteiger partial charge is 0.0401 e.